The first-order chi connectivity index (χ1) is 16.6. The Morgan fingerprint density at radius 1 is 1.03 bits per heavy atom. The minimum atomic E-state index is -0.668. The van der Waals surface area contributed by atoms with Crippen LogP contribution < -0.4 is 10.6 Å². The molecule has 1 aliphatic rings. The summed E-state index contributed by atoms with van der Waals surface area (Å²) >= 11 is 0. The van der Waals surface area contributed by atoms with Crippen LogP contribution in [0, 0.1) is 12.8 Å². The van der Waals surface area contributed by atoms with Crippen LogP contribution in [0.25, 0.3) is 10.8 Å². The van der Waals surface area contributed by atoms with Gasteiger partial charge in [-0.1, -0.05) is 29.4 Å². The Bertz CT molecular complexity index is 1250. The van der Waals surface area contributed by atoms with Gasteiger partial charge in [-0.15, -0.1) is 0 Å². The molecular weight excluding hydrogens is 448 g/mol. The van der Waals surface area contributed by atoms with Crippen molar-refractivity contribution in [2.24, 2.45) is 5.92 Å². The van der Waals surface area contributed by atoms with Gasteiger partial charge in [0.05, 0.1) is 11.3 Å². The molecule has 1 fully saturated rings. The molecule has 3 amide bonds. The molecule has 0 atom stereocenters. The van der Waals surface area contributed by atoms with Gasteiger partial charge in [-0.3, -0.25) is 14.9 Å². The molecule has 1 aliphatic heterocycles. The van der Waals surface area contributed by atoms with E-state index in [1.807, 2.05) is 24.3 Å². The molecule has 0 spiro atoms. The summed E-state index contributed by atoms with van der Waals surface area (Å²) in [4.78, 5) is 40.3. The minimum Gasteiger partial charge on any atom is -0.444 e. The maximum atomic E-state index is 13.5. The summed E-state index contributed by atoms with van der Waals surface area (Å²) in [6, 6.07) is 12.9. The average molecular weight is 479 g/mol. The Morgan fingerprint density at radius 2 is 1.69 bits per heavy atom. The van der Waals surface area contributed by atoms with Gasteiger partial charge in [0.1, 0.15) is 11.4 Å². The number of aromatic nitrogens is 1. The second kappa shape index (κ2) is 9.77. The van der Waals surface area contributed by atoms with Crippen LogP contribution in [0.5, 0.6) is 0 Å². The molecule has 0 aliphatic carbocycles. The number of fused-ring (bicyclic) bond motifs is 1. The third kappa shape index (κ3) is 5.98. The van der Waals surface area contributed by atoms with Crippen LogP contribution in [0.1, 0.15) is 49.7 Å². The highest BCUT2D eigenvalue weighted by Crippen LogP contribution is 2.28. The molecule has 1 saturated heterocycles. The number of benzene rings is 2. The van der Waals surface area contributed by atoms with E-state index in [2.05, 4.69) is 15.8 Å². The average Bonchev–Trinajstić information content (AvgIpc) is 3.21. The smallest absolute Gasteiger partial charge is 0.412 e. The number of piperidine rings is 1. The van der Waals surface area contributed by atoms with Crippen molar-refractivity contribution in [1.29, 1.82) is 0 Å². The number of nitrogens with zero attached hydrogens (tertiary/aromatic N) is 2. The fourth-order valence-electron chi connectivity index (χ4n) is 4.10. The van der Waals surface area contributed by atoms with Gasteiger partial charge in [-0.2, -0.15) is 0 Å². The van der Waals surface area contributed by atoms with Crippen molar-refractivity contribution >= 4 is 40.2 Å². The van der Waals surface area contributed by atoms with E-state index in [9.17, 15) is 14.4 Å². The van der Waals surface area contributed by atoms with E-state index >= 15 is 0 Å². The fourth-order valence-corrected chi connectivity index (χ4v) is 4.10. The summed E-state index contributed by atoms with van der Waals surface area (Å²) in [7, 11) is 0. The fraction of sp³-hybridized carbons (Fsp3) is 0.385. The number of hydrogen-bond donors (Lipinski definition) is 2. The predicted molar refractivity (Wildman–Crippen MR) is 132 cm³/mol. The number of nitrogens with one attached hydrogen (secondary N) is 2. The van der Waals surface area contributed by atoms with Crippen LogP contribution in [-0.2, 0) is 9.53 Å². The number of rotatable bonds is 4. The number of hydrogen-bond acceptors (Lipinski definition) is 6. The summed E-state index contributed by atoms with van der Waals surface area (Å²) in [6.45, 7) is 7.95. The molecule has 9 heteroatoms. The maximum absolute atomic E-state index is 13.5. The minimum absolute atomic E-state index is 0.136. The molecule has 3 aromatic rings. The normalized spacial score (nSPS) is 14.6. The second-order valence-corrected chi connectivity index (χ2v) is 9.75. The van der Waals surface area contributed by atoms with Crippen LogP contribution in [0.3, 0.4) is 0 Å². The number of carbonyl (C=O) groups is 3. The van der Waals surface area contributed by atoms with Crippen molar-refractivity contribution in [3.05, 3.63) is 53.8 Å². The zero-order chi connectivity index (χ0) is 25.2. The SMILES string of the molecule is Cc1cc(NC(=O)C2CCN(C(=O)c3cc4ccccc4cc3NC(=O)OC(C)(C)C)CC2)no1. The number of likely N-dealkylation sites (tertiary alicyclic amines) is 1. The molecule has 0 radical (unpaired) electrons. The van der Waals surface area contributed by atoms with Crippen LogP contribution in [0.2, 0.25) is 0 Å². The highest BCUT2D eigenvalue weighted by molar-refractivity contribution is 6.07. The topological polar surface area (TPSA) is 114 Å². The summed E-state index contributed by atoms with van der Waals surface area (Å²) in [5, 5.41) is 11.1. The van der Waals surface area contributed by atoms with Crippen LogP contribution >= 0.6 is 0 Å². The number of amides is 3. The zero-order valence-corrected chi connectivity index (χ0v) is 20.4. The molecule has 35 heavy (non-hydrogen) atoms. The lowest BCUT2D eigenvalue weighted by molar-refractivity contribution is -0.121. The highest BCUT2D eigenvalue weighted by atomic mass is 16.6. The van der Waals surface area contributed by atoms with Gasteiger partial charge in [-0.25, -0.2) is 4.79 Å². The summed E-state index contributed by atoms with van der Waals surface area (Å²) in [5.41, 5.74) is 0.109. The van der Waals surface area contributed by atoms with Crippen molar-refractivity contribution in [1.82, 2.24) is 10.1 Å². The Kier molecular flexibility index (Phi) is 6.77. The standard InChI is InChI=1S/C26H30N4O5/c1-16-13-22(29-35-16)28-23(31)17-9-11-30(12-10-17)24(32)20-14-18-7-5-6-8-19(18)15-21(20)27-25(33)34-26(2,3)4/h5-8,13-15,17H,9-12H2,1-4H3,(H,27,33)(H,28,29,31). The molecule has 1 aromatic heterocycles. The van der Waals surface area contributed by atoms with Gasteiger partial charge in [-0.05, 0) is 63.4 Å². The Hall–Kier alpha value is -3.88. The van der Waals surface area contributed by atoms with Gasteiger partial charge in [0.25, 0.3) is 5.91 Å². The first-order valence-corrected chi connectivity index (χ1v) is 11.7. The van der Waals surface area contributed by atoms with E-state index in [0.29, 0.717) is 48.8 Å². The van der Waals surface area contributed by atoms with Crippen molar-refractivity contribution in [2.75, 3.05) is 23.7 Å². The number of anilines is 2. The van der Waals surface area contributed by atoms with Crippen molar-refractivity contribution in [3.63, 3.8) is 0 Å². The lowest BCUT2D eigenvalue weighted by atomic mass is 9.95. The summed E-state index contributed by atoms with van der Waals surface area (Å²) in [5.74, 6) is 0.440. The predicted octanol–water partition coefficient (Wildman–Crippen LogP) is 4.97. The Labute approximate surface area is 203 Å². The molecule has 0 unspecified atom stereocenters. The quantitative estimate of drug-likeness (QED) is 0.547. The summed E-state index contributed by atoms with van der Waals surface area (Å²) < 4.78 is 10.4. The van der Waals surface area contributed by atoms with Gasteiger partial charge in [0.2, 0.25) is 5.91 Å². The molecule has 2 aromatic carbocycles. The lowest BCUT2D eigenvalue weighted by Gasteiger charge is -2.32. The van der Waals surface area contributed by atoms with Crippen LogP contribution in [-0.4, -0.2) is 46.7 Å². The number of ether oxygens (including phenoxy) is 1. The van der Waals surface area contributed by atoms with E-state index in [1.165, 1.54) is 0 Å². The van der Waals surface area contributed by atoms with Crippen molar-refractivity contribution in [2.45, 2.75) is 46.1 Å². The third-order valence-corrected chi connectivity index (χ3v) is 5.78. The van der Waals surface area contributed by atoms with E-state index in [0.717, 1.165) is 10.8 Å². The zero-order valence-electron chi connectivity index (χ0n) is 20.4. The molecule has 2 heterocycles. The van der Waals surface area contributed by atoms with Gasteiger partial charge in [0.15, 0.2) is 5.82 Å². The molecule has 2 N–H and O–H groups in total. The lowest BCUT2D eigenvalue weighted by Crippen LogP contribution is -2.41. The van der Waals surface area contributed by atoms with Gasteiger partial charge >= 0.3 is 6.09 Å². The number of carbonyl (C=O) groups excluding carboxylic acids is 3. The van der Waals surface area contributed by atoms with E-state index < -0.39 is 11.7 Å². The first kappa shape index (κ1) is 24.3. The monoisotopic (exact) mass is 478 g/mol. The third-order valence-electron chi connectivity index (χ3n) is 5.78. The van der Waals surface area contributed by atoms with Crippen molar-refractivity contribution < 1.29 is 23.6 Å². The van der Waals surface area contributed by atoms with Crippen LogP contribution in [0.15, 0.2) is 47.0 Å². The maximum Gasteiger partial charge on any atom is 0.412 e. The van der Waals surface area contributed by atoms with E-state index in [1.54, 1.807) is 50.8 Å². The molecule has 0 bridgehead atoms. The van der Waals surface area contributed by atoms with E-state index in [-0.39, 0.29) is 17.7 Å². The van der Waals surface area contributed by atoms with Gasteiger partial charge < -0.3 is 19.5 Å². The van der Waals surface area contributed by atoms with Gasteiger partial charge in [0, 0.05) is 25.1 Å². The largest absolute Gasteiger partial charge is 0.444 e. The first-order valence-electron chi connectivity index (χ1n) is 11.7. The number of aryl methyl sites for hydroxylation is 1. The Morgan fingerprint density at radius 3 is 2.29 bits per heavy atom. The molecule has 9 nitrogen and oxygen atoms in total. The highest BCUT2D eigenvalue weighted by Gasteiger charge is 2.30. The molecule has 0 saturated carbocycles. The molecular formula is C26H30N4O5. The van der Waals surface area contributed by atoms with Crippen LogP contribution in [0.4, 0.5) is 16.3 Å². The van der Waals surface area contributed by atoms with Crippen molar-refractivity contribution in [3.8, 4) is 0 Å². The second-order valence-electron chi connectivity index (χ2n) is 9.75. The van der Waals surface area contributed by atoms with E-state index in [4.69, 9.17) is 9.26 Å². The Balaban J connectivity index is 1.48. The summed E-state index contributed by atoms with van der Waals surface area (Å²) in [6.07, 6.45) is 0.425. The molecule has 184 valence electrons. The molecule has 4 rings (SSSR count).